The summed E-state index contributed by atoms with van der Waals surface area (Å²) in [4.78, 5) is 0. The molecular formula is C14H18N4. The summed E-state index contributed by atoms with van der Waals surface area (Å²) in [6, 6.07) is 6.88. The van der Waals surface area contributed by atoms with Crippen molar-refractivity contribution >= 4 is 11.5 Å². The van der Waals surface area contributed by atoms with E-state index in [0.717, 1.165) is 24.5 Å². The van der Waals surface area contributed by atoms with Crippen LogP contribution in [0.25, 0.3) is 0 Å². The van der Waals surface area contributed by atoms with Gasteiger partial charge in [-0.3, -0.25) is 0 Å². The highest BCUT2D eigenvalue weighted by Gasteiger charge is 2.24. The van der Waals surface area contributed by atoms with Crippen molar-refractivity contribution < 1.29 is 0 Å². The van der Waals surface area contributed by atoms with Crippen molar-refractivity contribution in [1.29, 1.82) is 0 Å². The number of aromatic nitrogens is 2. The van der Waals surface area contributed by atoms with Crippen LogP contribution in [0.2, 0.25) is 0 Å². The zero-order valence-electron chi connectivity index (χ0n) is 10.8. The van der Waals surface area contributed by atoms with Crippen LogP contribution in [0.4, 0.5) is 11.5 Å². The summed E-state index contributed by atoms with van der Waals surface area (Å²) in [7, 11) is 0. The third-order valence-electron chi connectivity index (χ3n) is 3.62. The fourth-order valence-electron chi connectivity index (χ4n) is 2.65. The van der Waals surface area contributed by atoms with Gasteiger partial charge in [-0.25, -0.2) is 4.68 Å². The van der Waals surface area contributed by atoms with Gasteiger partial charge in [-0.1, -0.05) is 23.8 Å². The molecule has 4 heteroatoms. The lowest BCUT2D eigenvalue weighted by Gasteiger charge is -2.27. The van der Waals surface area contributed by atoms with Gasteiger partial charge in [0, 0.05) is 6.54 Å². The minimum atomic E-state index is 0.290. The zero-order valence-corrected chi connectivity index (χ0v) is 10.8. The third-order valence-corrected chi connectivity index (χ3v) is 3.62. The Labute approximate surface area is 107 Å². The second-order valence-electron chi connectivity index (χ2n) is 4.98. The van der Waals surface area contributed by atoms with E-state index in [1.165, 1.54) is 16.7 Å². The normalized spacial score (nSPS) is 18.2. The van der Waals surface area contributed by atoms with Crippen LogP contribution in [-0.2, 0) is 0 Å². The molecule has 1 aromatic carbocycles. The first-order valence-electron chi connectivity index (χ1n) is 6.31. The van der Waals surface area contributed by atoms with Gasteiger partial charge in [0.15, 0.2) is 0 Å². The Balaban J connectivity index is 2.11. The number of benzene rings is 1. The van der Waals surface area contributed by atoms with Gasteiger partial charge in [-0.2, -0.15) is 5.10 Å². The molecule has 2 aromatic rings. The number of nitrogens with zero attached hydrogens (tertiary/aromatic N) is 2. The third kappa shape index (κ3) is 1.65. The van der Waals surface area contributed by atoms with Crippen LogP contribution < -0.4 is 11.1 Å². The van der Waals surface area contributed by atoms with Crippen LogP contribution in [-0.4, -0.2) is 16.3 Å². The molecule has 3 N–H and O–H groups in total. The summed E-state index contributed by atoms with van der Waals surface area (Å²) >= 11 is 0. The van der Waals surface area contributed by atoms with Crippen molar-refractivity contribution in [1.82, 2.24) is 9.78 Å². The Kier molecular flexibility index (Phi) is 2.51. The van der Waals surface area contributed by atoms with Gasteiger partial charge in [-0.05, 0) is 31.4 Å². The SMILES string of the molecule is Cc1ccc(C)c(C2CCNc3c(N)cnn32)c1. The fraction of sp³-hybridized carbons (Fsp3) is 0.357. The molecule has 1 aliphatic heterocycles. The molecule has 1 atom stereocenters. The monoisotopic (exact) mass is 242 g/mol. The van der Waals surface area contributed by atoms with E-state index in [4.69, 9.17) is 5.73 Å². The van der Waals surface area contributed by atoms with Crippen molar-refractivity contribution in [2.75, 3.05) is 17.6 Å². The van der Waals surface area contributed by atoms with E-state index in [1.807, 2.05) is 4.68 Å². The van der Waals surface area contributed by atoms with E-state index in [9.17, 15) is 0 Å². The summed E-state index contributed by atoms with van der Waals surface area (Å²) in [5.41, 5.74) is 10.6. The second-order valence-corrected chi connectivity index (χ2v) is 4.98. The summed E-state index contributed by atoms with van der Waals surface area (Å²) in [5, 5.41) is 7.73. The van der Waals surface area contributed by atoms with E-state index in [0.29, 0.717) is 6.04 Å². The second kappa shape index (κ2) is 4.05. The number of fused-ring (bicyclic) bond motifs is 1. The predicted molar refractivity (Wildman–Crippen MR) is 73.8 cm³/mol. The highest BCUT2D eigenvalue weighted by Crippen LogP contribution is 2.33. The largest absolute Gasteiger partial charge is 0.394 e. The molecule has 2 heterocycles. The predicted octanol–water partition coefficient (Wildman–Crippen LogP) is 2.49. The lowest BCUT2D eigenvalue weighted by atomic mass is 9.96. The van der Waals surface area contributed by atoms with Gasteiger partial charge in [0.2, 0.25) is 0 Å². The number of hydrogen-bond acceptors (Lipinski definition) is 3. The number of nitrogens with one attached hydrogen (secondary N) is 1. The van der Waals surface area contributed by atoms with Crippen LogP contribution >= 0.6 is 0 Å². The first-order chi connectivity index (χ1) is 8.66. The molecule has 0 amide bonds. The minimum Gasteiger partial charge on any atom is -0.394 e. The molecule has 3 rings (SSSR count). The molecule has 0 saturated heterocycles. The van der Waals surface area contributed by atoms with Crippen molar-refractivity contribution in [2.24, 2.45) is 0 Å². The molecule has 18 heavy (non-hydrogen) atoms. The Morgan fingerprint density at radius 1 is 1.39 bits per heavy atom. The molecule has 0 saturated carbocycles. The summed E-state index contributed by atoms with van der Waals surface area (Å²) in [5.74, 6) is 0.951. The summed E-state index contributed by atoms with van der Waals surface area (Å²) < 4.78 is 2.01. The number of nitrogen functional groups attached to an aromatic ring is 1. The van der Waals surface area contributed by atoms with Crippen LogP contribution in [0.5, 0.6) is 0 Å². The van der Waals surface area contributed by atoms with Crippen molar-refractivity contribution in [2.45, 2.75) is 26.3 Å². The Morgan fingerprint density at radius 2 is 2.22 bits per heavy atom. The highest BCUT2D eigenvalue weighted by atomic mass is 15.4. The van der Waals surface area contributed by atoms with Crippen LogP contribution in [0, 0.1) is 13.8 Å². The maximum absolute atomic E-state index is 5.92. The van der Waals surface area contributed by atoms with Gasteiger partial charge in [-0.15, -0.1) is 0 Å². The van der Waals surface area contributed by atoms with E-state index in [1.54, 1.807) is 6.20 Å². The highest BCUT2D eigenvalue weighted by molar-refractivity contribution is 5.62. The topological polar surface area (TPSA) is 55.9 Å². The smallest absolute Gasteiger partial charge is 0.148 e. The maximum Gasteiger partial charge on any atom is 0.148 e. The van der Waals surface area contributed by atoms with E-state index >= 15 is 0 Å². The molecule has 0 radical (unpaired) electrons. The Morgan fingerprint density at radius 3 is 3.06 bits per heavy atom. The number of hydrogen-bond donors (Lipinski definition) is 2. The first-order valence-corrected chi connectivity index (χ1v) is 6.31. The quantitative estimate of drug-likeness (QED) is 0.807. The molecule has 0 fully saturated rings. The molecule has 0 bridgehead atoms. The van der Waals surface area contributed by atoms with Crippen molar-refractivity contribution in [3.8, 4) is 0 Å². The molecule has 94 valence electrons. The summed E-state index contributed by atoms with van der Waals surface area (Å²) in [6.07, 6.45) is 2.77. The molecule has 1 aliphatic rings. The molecule has 0 aliphatic carbocycles. The molecule has 1 aromatic heterocycles. The average Bonchev–Trinajstić information content (AvgIpc) is 2.75. The molecule has 1 unspecified atom stereocenters. The van der Waals surface area contributed by atoms with Crippen LogP contribution in [0.15, 0.2) is 24.4 Å². The fourth-order valence-corrected chi connectivity index (χ4v) is 2.65. The summed E-state index contributed by atoms with van der Waals surface area (Å²) in [6.45, 7) is 5.22. The van der Waals surface area contributed by atoms with Gasteiger partial charge >= 0.3 is 0 Å². The lowest BCUT2D eigenvalue weighted by Crippen LogP contribution is -2.25. The van der Waals surface area contributed by atoms with Crippen LogP contribution in [0.1, 0.15) is 29.2 Å². The van der Waals surface area contributed by atoms with Gasteiger partial charge < -0.3 is 11.1 Å². The molecule has 0 spiro atoms. The van der Waals surface area contributed by atoms with Gasteiger partial charge in [0.25, 0.3) is 0 Å². The number of anilines is 2. The zero-order chi connectivity index (χ0) is 12.7. The van der Waals surface area contributed by atoms with E-state index in [-0.39, 0.29) is 0 Å². The molecule has 4 nitrogen and oxygen atoms in total. The number of aryl methyl sites for hydroxylation is 2. The van der Waals surface area contributed by atoms with Crippen molar-refractivity contribution in [3.05, 3.63) is 41.1 Å². The van der Waals surface area contributed by atoms with E-state index in [2.05, 4.69) is 42.5 Å². The Hall–Kier alpha value is -1.97. The lowest BCUT2D eigenvalue weighted by molar-refractivity contribution is 0.480. The van der Waals surface area contributed by atoms with E-state index < -0.39 is 0 Å². The minimum absolute atomic E-state index is 0.290. The maximum atomic E-state index is 5.92. The van der Waals surface area contributed by atoms with Crippen molar-refractivity contribution in [3.63, 3.8) is 0 Å². The van der Waals surface area contributed by atoms with Crippen LogP contribution in [0.3, 0.4) is 0 Å². The molecular weight excluding hydrogens is 224 g/mol. The first kappa shape index (κ1) is 11.1. The number of nitrogens with two attached hydrogens (primary N) is 1. The average molecular weight is 242 g/mol. The number of rotatable bonds is 1. The van der Waals surface area contributed by atoms with Gasteiger partial charge in [0.1, 0.15) is 5.82 Å². The standard InChI is InChI=1S/C14H18N4/c1-9-3-4-10(2)11(7-9)13-5-6-16-14-12(15)8-17-18(13)14/h3-4,7-8,13,16H,5-6,15H2,1-2H3. The Bertz CT molecular complexity index is 585. The van der Waals surface area contributed by atoms with Gasteiger partial charge in [0.05, 0.1) is 17.9 Å².